The summed E-state index contributed by atoms with van der Waals surface area (Å²) >= 11 is 0. The van der Waals surface area contributed by atoms with E-state index < -0.39 is 8.32 Å². The quantitative estimate of drug-likeness (QED) is 0.104. The van der Waals surface area contributed by atoms with Crippen LogP contribution in [0.3, 0.4) is 0 Å². The Morgan fingerprint density at radius 3 is 1.58 bits per heavy atom. The summed E-state index contributed by atoms with van der Waals surface area (Å²) in [6.07, 6.45) is 21.7. The predicted octanol–water partition coefficient (Wildman–Crippen LogP) is 9.20. The first-order valence-electron chi connectivity index (χ1n) is 13.4. The highest BCUT2D eigenvalue weighted by Crippen LogP contribution is 2.38. The van der Waals surface area contributed by atoms with Crippen LogP contribution in [-0.4, -0.2) is 27.5 Å². The van der Waals surface area contributed by atoms with Crippen molar-refractivity contribution in [2.45, 2.75) is 161 Å². The summed E-state index contributed by atoms with van der Waals surface area (Å²) in [4.78, 5) is 11.2. The van der Waals surface area contributed by atoms with Gasteiger partial charge in [0.1, 0.15) is 0 Å². The molecule has 0 fully saturated rings. The first kappa shape index (κ1) is 30.6. The zero-order chi connectivity index (χ0) is 23.6. The molecule has 0 N–H and O–H groups in total. The van der Waals surface area contributed by atoms with Crippen LogP contribution in [0.15, 0.2) is 0 Å². The van der Waals surface area contributed by atoms with E-state index >= 15 is 0 Å². The van der Waals surface area contributed by atoms with Gasteiger partial charge in [0.25, 0.3) is 0 Å². The van der Waals surface area contributed by atoms with Gasteiger partial charge in [0.2, 0.25) is 0 Å². The van der Waals surface area contributed by atoms with Gasteiger partial charge in [-0.3, -0.25) is 4.79 Å². The van der Waals surface area contributed by atoms with Crippen molar-refractivity contribution in [3.05, 3.63) is 0 Å². The lowest BCUT2D eigenvalue weighted by atomic mass is 10.0. The molecule has 0 saturated heterocycles. The Morgan fingerprint density at radius 2 is 1.16 bits per heavy atom. The number of esters is 1. The number of hydrogen-bond acceptors (Lipinski definition) is 3. The molecule has 1 atom stereocenters. The maximum Gasteiger partial charge on any atom is 0.305 e. The van der Waals surface area contributed by atoms with E-state index in [1.165, 1.54) is 97.0 Å². The highest BCUT2D eigenvalue weighted by molar-refractivity contribution is 6.74. The number of unbranched alkanes of at least 4 members (excludes halogenated alkanes) is 12. The SMILES string of the molecule is CCCCCCCCCCCCC(CCCCCCC(=O)OC)O[Si](C)(C)C(C)(C)C. The monoisotopic (exact) mass is 456 g/mol. The van der Waals surface area contributed by atoms with Gasteiger partial charge < -0.3 is 9.16 Å². The predicted molar refractivity (Wildman–Crippen MR) is 138 cm³/mol. The zero-order valence-corrected chi connectivity index (χ0v) is 23.3. The Kier molecular flexibility index (Phi) is 17.9. The molecule has 0 aliphatic carbocycles. The third kappa shape index (κ3) is 16.9. The van der Waals surface area contributed by atoms with E-state index in [9.17, 15) is 4.79 Å². The van der Waals surface area contributed by atoms with Crippen LogP contribution in [0.5, 0.6) is 0 Å². The summed E-state index contributed by atoms with van der Waals surface area (Å²) in [5, 5.41) is 0.267. The first-order valence-corrected chi connectivity index (χ1v) is 16.3. The van der Waals surface area contributed by atoms with Crippen LogP contribution in [0.2, 0.25) is 18.1 Å². The maximum absolute atomic E-state index is 11.2. The van der Waals surface area contributed by atoms with Crippen molar-refractivity contribution in [1.29, 1.82) is 0 Å². The molecule has 1 unspecified atom stereocenters. The van der Waals surface area contributed by atoms with Crippen molar-refractivity contribution in [3.63, 3.8) is 0 Å². The number of carbonyl (C=O) groups is 1. The molecule has 0 amide bonds. The second-order valence-corrected chi connectivity index (χ2v) is 15.8. The summed E-state index contributed by atoms with van der Waals surface area (Å²) in [5.41, 5.74) is 0. The van der Waals surface area contributed by atoms with Crippen molar-refractivity contribution in [2.24, 2.45) is 0 Å². The normalized spacial score (nSPS) is 13.4. The molecule has 0 bridgehead atoms. The first-order chi connectivity index (χ1) is 14.6. The van der Waals surface area contributed by atoms with Crippen molar-refractivity contribution in [3.8, 4) is 0 Å². The smallest absolute Gasteiger partial charge is 0.305 e. The van der Waals surface area contributed by atoms with Gasteiger partial charge in [0.15, 0.2) is 8.32 Å². The molecule has 0 heterocycles. The summed E-state index contributed by atoms with van der Waals surface area (Å²) in [5.74, 6) is -0.0832. The van der Waals surface area contributed by atoms with Gasteiger partial charge in [-0.2, -0.15) is 0 Å². The summed E-state index contributed by atoms with van der Waals surface area (Å²) in [6.45, 7) is 14.1. The molecule has 4 heteroatoms. The van der Waals surface area contributed by atoms with Gasteiger partial charge in [0.05, 0.1) is 7.11 Å². The van der Waals surface area contributed by atoms with Crippen molar-refractivity contribution < 1.29 is 14.0 Å². The molecule has 3 nitrogen and oxygen atoms in total. The average molecular weight is 457 g/mol. The van der Waals surface area contributed by atoms with Gasteiger partial charge in [-0.15, -0.1) is 0 Å². The topological polar surface area (TPSA) is 35.5 Å². The number of rotatable bonds is 20. The van der Waals surface area contributed by atoms with Crippen LogP contribution < -0.4 is 0 Å². The van der Waals surface area contributed by atoms with Crippen molar-refractivity contribution >= 4 is 14.3 Å². The van der Waals surface area contributed by atoms with Crippen LogP contribution in [0.1, 0.15) is 137 Å². The third-order valence-corrected chi connectivity index (χ3v) is 11.6. The molecule has 0 aliphatic heterocycles. The standard InChI is InChI=1S/C27H56O3Si/c1-8-9-10-11-12-13-14-15-16-19-22-25(30-31(6,7)27(2,3)4)23-20-17-18-21-24-26(28)29-5/h25H,8-24H2,1-7H3. The third-order valence-electron chi connectivity index (χ3n) is 7.03. The van der Waals surface area contributed by atoms with Gasteiger partial charge >= 0.3 is 5.97 Å². The van der Waals surface area contributed by atoms with Crippen LogP contribution in [-0.2, 0) is 14.0 Å². The second kappa shape index (κ2) is 18.1. The van der Waals surface area contributed by atoms with Crippen LogP contribution >= 0.6 is 0 Å². The van der Waals surface area contributed by atoms with E-state index in [-0.39, 0.29) is 11.0 Å². The van der Waals surface area contributed by atoms with Crippen LogP contribution in [0, 0.1) is 0 Å². The molecule has 0 aromatic heterocycles. The van der Waals surface area contributed by atoms with Gasteiger partial charge in [0, 0.05) is 12.5 Å². The summed E-state index contributed by atoms with van der Waals surface area (Å²) < 4.78 is 11.5. The van der Waals surface area contributed by atoms with Gasteiger partial charge in [-0.05, 0) is 37.4 Å². The van der Waals surface area contributed by atoms with E-state index in [1.54, 1.807) is 0 Å². The number of methoxy groups -OCH3 is 1. The lowest BCUT2D eigenvalue weighted by Crippen LogP contribution is -2.44. The highest BCUT2D eigenvalue weighted by atomic mass is 28.4. The molecule has 0 aromatic rings. The Morgan fingerprint density at radius 1 is 0.742 bits per heavy atom. The molecule has 0 radical (unpaired) electrons. The van der Waals surface area contributed by atoms with Crippen molar-refractivity contribution in [2.75, 3.05) is 7.11 Å². The minimum absolute atomic E-state index is 0.0832. The van der Waals surface area contributed by atoms with E-state index in [1.807, 2.05) is 0 Å². The Balaban J connectivity index is 4.18. The van der Waals surface area contributed by atoms with E-state index in [2.05, 4.69) is 40.8 Å². The maximum atomic E-state index is 11.2. The fourth-order valence-electron chi connectivity index (χ4n) is 3.81. The van der Waals surface area contributed by atoms with Gasteiger partial charge in [-0.1, -0.05) is 111 Å². The Hall–Kier alpha value is -0.353. The molecule has 186 valence electrons. The molecule has 0 saturated carbocycles. The Labute approximate surface area is 196 Å². The van der Waals surface area contributed by atoms with Crippen LogP contribution in [0.25, 0.3) is 0 Å². The molecule has 0 rings (SSSR count). The second-order valence-electron chi connectivity index (χ2n) is 11.0. The van der Waals surface area contributed by atoms with Gasteiger partial charge in [-0.25, -0.2) is 0 Å². The van der Waals surface area contributed by atoms with E-state index in [4.69, 9.17) is 9.16 Å². The number of hydrogen-bond donors (Lipinski definition) is 0. The fourth-order valence-corrected chi connectivity index (χ4v) is 5.23. The molecular weight excluding hydrogens is 400 g/mol. The summed E-state index contributed by atoms with van der Waals surface area (Å²) in [6, 6.07) is 0. The molecule has 0 spiro atoms. The number of ether oxygens (including phenoxy) is 1. The molecular formula is C27H56O3Si. The lowest BCUT2D eigenvalue weighted by molar-refractivity contribution is -0.140. The number of carbonyl (C=O) groups excluding carboxylic acids is 1. The lowest BCUT2D eigenvalue weighted by Gasteiger charge is -2.39. The molecule has 0 aromatic carbocycles. The largest absolute Gasteiger partial charge is 0.469 e. The van der Waals surface area contributed by atoms with E-state index in [0.717, 1.165) is 12.8 Å². The minimum Gasteiger partial charge on any atom is -0.469 e. The zero-order valence-electron chi connectivity index (χ0n) is 22.3. The molecule has 0 aliphatic rings. The molecule has 31 heavy (non-hydrogen) atoms. The Bertz CT molecular complexity index is 429. The van der Waals surface area contributed by atoms with Crippen molar-refractivity contribution in [1.82, 2.24) is 0 Å². The summed E-state index contributed by atoms with van der Waals surface area (Å²) in [7, 11) is -0.251. The minimum atomic E-state index is -1.72. The van der Waals surface area contributed by atoms with E-state index in [0.29, 0.717) is 12.5 Å². The highest BCUT2D eigenvalue weighted by Gasteiger charge is 2.38. The fraction of sp³-hybridized carbons (Fsp3) is 0.963. The van der Waals surface area contributed by atoms with Crippen LogP contribution in [0.4, 0.5) is 0 Å². The average Bonchev–Trinajstić information content (AvgIpc) is 2.70.